The molecule has 1 aliphatic carbocycles. The molecule has 2 N–H and O–H groups in total. The number of urea groups is 1. The quantitative estimate of drug-likeness (QED) is 0.279. The SMILES string of the molecule is CC(OC=O)OC(=O)C1CCCC2NC(=O)N(Cc3ccc(-c4ccccc4-c4nn[nH]n4)cc3)C21. The highest BCUT2D eigenvalue weighted by molar-refractivity contribution is 5.82. The number of fused-ring (bicyclic) bond motifs is 1. The Morgan fingerprint density at radius 1 is 1.17 bits per heavy atom. The van der Waals surface area contributed by atoms with Crippen molar-refractivity contribution in [2.75, 3.05) is 0 Å². The van der Waals surface area contributed by atoms with Crippen LogP contribution in [-0.4, -0.2) is 62.4 Å². The number of carbonyl (C=O) groups excluding carboxylic acids is 3. The summed E-state index contributed by atoms with van der Waals surface area (Å²) in [7, 11) is 0. The van der Waals surface area contributed by atoms with Crippen molar-refractivity contribution >= 4 is 18.5 Å². The zero-order valence-corrected chi connectivity index (χ0v) is 19.7. The Balaban J connectivity index is 1.34. The van der Waals surface area contributed by atoms with Crippen molar-refractivity contribution < 1.29 is 23.9 Å². The van der Waals surface area contributed by atoms with E-state index in [-0.39, 0.29) is 24.6 Å². The van der Waals surface area contributed by atoms with Crippen LogP contribution in [0.25, 0.3) is 22.5 Å². The Morgan fingerprint density at radius 2 is 1.94 bits per heavy atom. The number of rotatable bonds is 8. The number of esters is 1. The molecule has 11 nitrogen and oxygen atoms in total. The lowest BCUT2D eigenvalue weighted by atomic mass is 9.81. The Bertz CT molecular complexity index is 1230. The number of tetrazole rings is 1. The van der Waals surface area contributed by atoms with Crippen molar-refractivity contribution in [2.24, 2.45) is 5.92 Å². The summed E-state index contributed by atoms with van der Waals surface area (Å²) >= 11 is 0. The molecule has 0 spiro atoms. The standard InChI is InChI=1S/C25H26N6O5/c1-15(35-14-32)36-24(33)20-7-4-8-21-22(20)31(25(34)26-21)13-16-9-11-17(12-10-16)18-5-2-3-6-19(18)23-27-29-30-28-23/h2-3,5-6,9-12,14-15,20-22H,4,7-8,13H2,1H3,(H,26,34)(H,27,28,29,30). The van der Waals surface area contributed by atoms with Gasteiger partial charge in [0, 0.05) is 19.0 Å². The fourth-order valence-electron chi connectivity index (χ4n) is 5.13. The van der Waals surface area contributed by atoms with Gasteiger partial charge in [-0.25, -0.2) is 4.79 Å². The zero-order chi connectivity index (χ0) is 25.1. The smallest absolute Gasteiger partial charge is 0.318 e. The summed E-state index contributed by atoms with van der Waals surface area (Å²) in [5.74, 6) is -0.451. The van der Waals surface area contributed by atoms with Crippen LogP contribution in [0.5, 0.6) is 0 Å². The number of H-pyrrole nitrogens is 1. The van der Waals surface area contributed by atoms with Crippen LogP contribution in [0.4, 0.5) is 4.79 Å². The van der Waals surface area contributed by atoms with Gasteiger partial charge in [0.2, 0.25) is 12.1 Å². The van der Waals surface area contributed by atoms with Crippen molar-refractivity contribution in [1.29, 1.82) is 0 Å². The van der Waals surface area contributed by atoms with Gasteiger partial charge in [0.1, 0.15) is 0 Å². The lowest BCUT2D eigenvalue weighted by Crippen LogP contribution is -2.49. The second kappa shape index (κ2) is 10.1. The fourth-order valence-corrected chi connectivity index (χ4v) is 5.13. The van der Waals surface area contributed by atoms with E-state index in [1.54, 1.807) is 4.90 Å². The van der Waals surface area contributed by atoms with E-state index in [0.29, 0.717) is 18.8 Å². The minimum absolute atomic E-state index is 0.132. The van der Waals surface area contributed by atoms with Gasteiger partial charge in [-0.2, -0.15) is 5.21 Å². The Labute approximate surface area is 207 Å². The lowest BCUT2D eigenvalue weighted by Gasteiger charge is -2.36. The number of hydrogen-bond donors (Lipinski definition) is 2. The van der Waals surface area contributed by atoms with Gasteiger partial charge < -0.3 is 19.7 Å². The number of benzene rings is 2. The second-order valence-electron chi connectivity index (χ2n) is 8.93. The Morgan fingerprint density at radius 3 is 2.67 bits per heavy atom. The normalized spacial score (nSPS) is 21.9. The molecule has 11 heteroatoms. The van der Waals surface area contributed by atoms with Gasteiger partial charge in [-0.3, -0.25) is 9.59 Å². The van der Waals surface area contributed by atoms with E-state index in [0.717, 1.165) is 35.1 Å². The number of hydrogen-bond acceptors (Lipinski definition) is 8. The molecule has 4 unspecified atom stereocenters. The van der Waals surface area contributed by atoms with Crippen LogP contribution in [0.1, 0.15) is 31.7 Å². The molecular formula is C25H26N6O5. The number of aromatic nitrogens is 4. The largest absolute Gasteiger partial charge is 0.428 e. The molecule has 2 amide bonds. The van der Waals surface area contributed by atoms with Gasteiger partial charge in [-0.15, -0.1) is 10.2 Å². The summed E-state index contributed by atoms with van der Waals surface area (Å²) in [6.45, 7) is 2.09. The van der Waals surface area contributed by atoms with Gasteiger partial charge in [-0.1, -0.05) is 55.0 Å². The molecule has 3 aromatic rings. The van der Waals surface area contributed by atoms with Crippen LogP contribution in [-0.2, 0) is 25.6 Å². The lowest BCUT2D eigenvalue weighted by molar-refractivity contribution is -0.182. The molecule has 186 valence electrons. The maximum absolute atomic E-state index is 12.9. The highest BCUT2D eigenvalue weighted by Gasteiger charge is 2.49. The number of nitrogens with zero attached hydrogens (tertiary/aromatic N) is 4. The van der Waals surface area contributed by atoms with Crippen molar-refractivity contribution in [1.82, 2.24) is 30.8 Å². The molecule has 2 aromatic carbocycles. The molecule has 2 fully saturated rings. The first-order chi connectivity index (χ1) is 17.5. The van der Waals surface area contributed by atoms with E-state index in [1.807, 2.05) is 48.5 Å². The van der Waals surface area contributed by atoms with Crippen LogP contribution in [0.3, 0.4) is 0 Å². The third-order valence-electron chi connectivity index (χ3n) is 6.75. The molecule has 1 saturated heterocycles. The average Bonchev–Trinajstić information content (AvgIpc) is 3.53. The maximum atomic E-state index is 12.9. The van der Waals surface area contributed by atoms with Crippen LogP contribution < -0.4 is 5.32 Å². The van der Waals surface area contributed by atoms with E-state index < -0.39 is 18.2 Å². The van der Waals surface area contributed by atoms with Gasteiger partial charge >= 0.3 is 12.0 Å². The highest BCUT2D eigenvalue weighted by Crippen LogP contribution is 2.35. The Hall–Kier alpha value is -4.28. The van der Waals surface area contributed by atoms with Crippen LogP contribution in [0.15, 0.2) is 48.5 Å². The van der Waals surface area contributed by atoms with Gasteiger partial charge in [0.25, 0.3) is 6.47 Å². The van der Waals surface area contributed by atoms with Gasteiger partial charge in [0.15, 0.2) is 0 Å². The van der Waals surface area contributed by atoms with E-state index in [9.17, 15) is 14.4 Å². The Kier molecular flexibility index (Phi) is 6.61. The van der Waals surface area contributed by atoms with Crippen molar-refractivity contribution in [3.63, 3.8) is 0 Å². The van der Waals surface area contributed by atoms with E-state index in [1.165, 1.54) is 6.92 Å². The summed E-state index contributed by atoms with van der Waals surface area (Å²) in [4.78, 5) is 38.0. The third-order valence-corrected chi connectivity index (χ3v) is 6.75. The zero-order valence-electron chi connectivity index (χ0n) is 19.7. The molecular weight excluding hydrogens is 464 g/mol. The number of aromatic amines is 1. The number of nitrogens with one attached hydrogen (secondary N) is 2. The first kappa shape index (κ1) is 23.5. The van der Waals surface area contributed by atoms with Crippen LogP contribution in [0, 0.1) is 5.92 Å². The minimum atomic E-state index is -0.975. The molecule has 5 rings (SSSR count). The first-order valence-electron chi connectivity index (χ1n) is 11.8. The summed E-state index contributed by atoms with van der Waals surface area (Å²) in [5, 5.41) is 17.3. The molecule has 2 heterocycles. The fraction of sp³-hybridized carbons (Fsp3) is 0.360. The second-order valence-corrected chi connectivity index (χ2v) is 8.93. The molecule has 2 aliphatic rings. The third kappa shape index (κ3) is 4.64. The topological polar surface area (TPSA) is 139 Å². The maximum Gasteiger partial charge on any atom is 0.318 e. The predicted octanol–water partition coefficient (Wildman–Crippen LogP) is 2.66. The molecule has 0 bridgehead atoms. The molecule has 36 heavy (non-hydrogen) atoms. The predicted molar refractivity (Wildman–Crippen MR) is 127 cm³/mol. The van der Waals surface area contributed by atoms with Crippen LogP contribution in [0.2, 0.25) is 0 Å². The monoisotopic (exact) mass is 490 g/mol. The molecule has 1 aromatic heterocycles. The van der Waals surface area contributed by atoms with E-state index in [2.05, 4.69) is 25.9 Å². The number of carbonyl (C=O) groups is 3. The van der Waals surface area contributed by atoms with Crippen molar-refractivity contribution in [2.45, 2.75) is 51.1 Å². The van der Waals surface area contributed by atoms with E-state index >= 15 is 0 Å². The van der Waals surface area contributed by atoms with Crippen LogP contribution >= 0.6 is 0 Å². The number of ether oxygens (including phenoxy) is 2. The van der Waals surface area contributed by atoms with Crippen molar-refractivity contribution in [3.05, 3.63) is 54.1 Å². The highest BCUT2D eigenvalue weighted by atomic mass is 16.7. The summed E-state index contributed by atoms with van der Waals surface area (Å²) in [5.41, 5.74) is 3.73. The summed E-state index contributed by atoms with van der Waals surface area (Å²) in [6.07, 6.45) is 1.22. The van der Waals surface area contributed by atoms with Crippen molar-refractivity contribution in [3.8, 4) is 22.5 Å². The first-order valence-corrected chi connectivity index (χ1v) is 11.8. The summed E-state index contributed by atoms with van der Waals surface area (Å²) < 4.78 is 10.0. The molecule has 1 aliphatic heterocycles. The van der Waals surface area contributed by atoms with Gasteiger partial charge in [-0.05, 0) is 34.7 Å². The average molecular weight is 491 g/mol. The molecule has 0 radical (unpaired) electrons. The minimum Gasteiger partial charge on any atom is -0.428 e. The van der Waals surface area contributed by atoms with E-state index in [4.69, 9.17) is 9.47 Å². The summed E-state index contributed by atoms with van der Waals surface area (Å²) in [6, 6.07) is 15.1. The van der Waals surface area contributed by atoms with Gasteiger partial charge in [0.05, 0.1) is 18.0 Å². The number of amides is 2. The molecule has 4 atom stereocenters. The molecule has 1 saturated carbocycles.